The third kappa shape index (κ3) is 5.09. The molecule has 2 aromatic rings. The largest absolute Gasteiger partial charge is 0.491 e. The predicted octanol–water partition coefficient (Wildman–Crippen LogP) is 4.46. The summed E-state index contributed by atoms with van der Waals surface area (Å²) in [6, 6.07) is 14.1. The minimum atomic E-state index is 0. The lowest BCUT2D eigenvalue weighted by Gasteiger charge is -2.13. The van der Waals surface area contributed by atoms with Crippen LogP contribution in [0.3, 0.4) is 0 Å². The zero-order valence-corrected chi connectivity index (χ0v) is 14.3. The number of hydrogen-bond acceptors (Lipinski definition) is 3. The molecular weight excluding hydrogens is 321 g/mol. The lowest BCUT2D eigenvalue weighted by molar-refractivity contribution is 0.310. The van der Waals surface area contributed by atoms with E-state index in [1.54, 1.807) is 7.11 Å². The van der Waals surface area contributed by atoms with Crippen LogP contribution >= 0.6 is 24.0 Å². The molecule has 22 heavy (non-hydrogen) atoms. The molecule has 0 aliphatic carbocycles. The summed E-state index contributed by atoms with van der Waals surface area (Å²) in [6.45, 7) is 4.05. The Kier molecular flexibility index (Phi) is 8.10. The number of ether oxygens (including phenoxy) is 2. The maximum Gasteiger partial charge on any atom is 0.179 e. The van der Waals surface area contributed by atoms with Gasteiger partial charge in [0.05, 0.1) is 18.7 Å². The standard InChI is InChI=1S/C17H20ClNO2.ClH/c1-3-21-16-10-14(9-15(18)17(16)20-2)12-19-11-13-7-5-4-6-8-13;/h4-10,19H,3,11-12H2,1-2H3;1H. The molecule has 0 bridgehead atoms. The van der Waals surface area contributed by atoms with Crippen molar-refractivity contribution in [1.29, 1.82) is 0 Å². The van der Waals surface area contributed by atoms with Crippen LogP contribution in [-0.4, -0.2) is 13.7 Å². The van der Waals surface area contributed by atoms with E-state index < -0.39 is 0 Å². The molecule has 1 N–H and O–H groups in total. The molecule has 0 aliphatic rings. The molecule has 120 valence electrons. The normalized spacial score (nSPS) is 9.95. The quantitative estimate of drug-likeness (QED) is 0.806. The lowest BCUT2D eigenvalue weighted by Crippen LogP contribution is -2.12. The van der Waals surface area contributed by atoms with E-state index in [-0.39, 0.29) is 12.4 Å². The molecular formula is C17H21Cl2NO2. The van der Waals surface area contributed by atoms with Crippen molar-refractivity contribution in [1.82, 2.24) is 5.32 Å². The van der Waals surface area contributed by atoms with Crippen LogP contribution in [0.25, 0.3) is 0 Å². The van der Waals surface area contributed by atoms with Crippen LogP contribution in [0.1, 0.15) is 18.1 Å². The van der Waals surface area contributed by atoms with E-state index in [1.165, 1.54) is 5.56 Å². The van der Waals surface area contributed by atoms with E-state index in [9.17, 15) is 0 Å². The van der Waals surface area contributed by atoms with E-state index >= 15 is 0 Å². The number of rotatable bonds is 7. The van der Waals surface area contributed by atoms with Gasteiger partial charge in [0.1, 0.15) is 0 Å². The van der Waals surface area contributed by atoms with Crippen LogP contribution in [-0.2, 0) is 13.1 Å². The Labute approximate surface area is 143 Å². The van der Waals surface area contributed by atoms with Crippen molar-refractivity contribution in [2.75, 3.05) is 13.7 Å². The molecule has 0 saturated heterocycles. The second kappa shape index (κ2) is 9.57. The average Bonchev–Trinajstić information content (AvgIpc) is 2.48. The van der Waals surface area contributed by atoms with Crippen LogP contribution in [0.15, 0.2) is 42.5 Å². The number of methoxy groups -OCH3 is 1. The lowest BCUT2D eigenvalue weighted by atomic mass is 10.2. The average molecular weight is 342 g/mol. The van der Waals surface area contributed by atoms with Gasteiger partial charge < -0.3 is 14.8 Å². The van der Waals surface area contributed by atoms with Gasteiger partial charge in [0.25, 0.3) is 0 Å². The van der Waals surface area contributed by atoms with Gasteiger partial charge in [0, 0.05) is 13.1 Å². The van der Waals surface area contributed by atoms with Crippen LogP contribution in [0, 0.1) is 0 Å². The Morgan fingerprint density at radius 1 is 1.05 bits per heavy atom. The number of halogens is 2. The second-order valence-electron chi connectivity index (χ2n) is 4.63. The monoisotopic (exact) mass is 341 g/mol. The molecule has 0 saturated carbocycles. The first-order valence-corrected chi connectivity index (χ1v) is 7.36. The zero-order valence-electron chi connectivity index (χ0n) is 12.8. The van der Waals surface area contributed by atoms with Crippen LogP contribution < -0.4 is 14.8 Å². The molecule has 5 heteroatoms. The molecule has 2 aromatic carbocycles. The van der Waals surface area contributed by atoms with Crippen molar-refractivity contribution in [3.63, 3.8) is 0 Å². The molecule has 0 aromatic heterocycles. The Morgan fingerprint density at radius 3 is 2.36 bits per heavy atom. The fraction of sp³-hybridized carbons (Fsp3) is 0.294. The first-order valence-electron chi connectivity index (χ1n) is 6.98. The summed E-state index contributed by atoms with van der Waals surface area (Å²) in [4.78, 5) is 0. The highest BCUT2D eigenvalue weighted by Crippen LogP contribution is 2.36. The highest BCUT2D eigenvalue weighted by molar-refractivity contribution is 6.32. The summed E-state index contributed by atoms with van der Waals surface area (Å²) in [7, 11) is 1.59. The van der Waals surface area contributed by atoms with Crippen molar-refractivity contribution in [2.45, 2.75) is 20.0 Å². The minimum Gasteiger partial charge on any atom is -0.491 e. The van der Waals surface area contributed by atoms with Crippen LogP contribution in [0.4, 0.5) is 0 Å². The number of benzene rings is 2. The predicted molar refractivity (Wildman–Crippen MR) is 93.4 cm³/mol. The highest BCUT2D eigenvalue weighted by Gasteiger charge is 2.11. The van der Waals surface area contributed by atoms with Crippen molar-refractivity contribution in [3.8, 4) is 11.5 Å². The van der Waals surface area contributed by atoms with E-state index in [2.05, 4.69) is 17.4 Å². The smallest absolute Gasteiger partial charge is 0.179 e. The van der Waals surface area contributed by atoms with E-state index in [4.69, 9.17) is 21.1 Å². The van der Waals surface area contributed by atoms with Crippen molar-refractivity contribution in [3.05, 3.63) is 58.6 Å². The molecule has 0 spiro atoms. The van der Waals surface area contributed by atoms with Gasteiger partial charge in [0.2, 0.25) is 0 Å². The topological polar surface area (TPSA) is 30.5 Å². The fourth-order valence-corrected chi connectivity index (χ4v) is 2.44. The summed E-state index contributed by atoms with van der Waals surface area (Å²) in [5.74, 6) is 1.27. The van der Waals surface area contributed by atoms with Gasteiger partial charge in [-0.15, -0.1) is 12.4 Å². The first-order chi connectivity index (χ1) is 10.2. The summed E-state index contributed by atoms with van der Waals surface area (Å²) in [6.07, 6.45) is 0. The second-order valence-corrected chi connectivity index (χ2v) is 5.04. The van der Waals surface area contributed by atoms with Gasteiger partial charge in [-0.3, -0.25) is 0 Å². The Balaban J connectivity index is 0.00000242. The van der Waals surface area contributed by atoms with Crippen molar-refractivity contribution >= 4 is 24.0 Å². The maximum absolute atomic E-state index is 6.23. The summed E-state index contributed by atoms with van der Waals surface area (Å²) >= 11 is 6.23. The fourth-order valence-electron chi connectivity index (χ4n) is 2.13. The molecule has 0 fully saturated rings. The number of nitrogens with one attached hydrogen (secondary N) is 1. The molecule has 0 unspecified atom stereocenters. The summed E-state index contributed by atoms with van der Waals surface area (Å²) < 4.78 is 10.9. The van der Waals surface area contributed by atoms with Crippen LogP contribution in [0.5, 0.6) is 11.5 Å². The summed E-state index contributed by atoms with van der Waals surface area (Å²) in [5.41, 5.74) is 2.32. The van der Waals surface area contributed by atoms with Crippen molar-refractivity contribution < 1.29 is 9.47 Å². The molecule has 0 aliphatic heterocycles. The Bertz CT molecular complexity index is 576. The Morgan fingerprint density at radius 2 is 1.73 bits per heavy atom. The molecule has 0 atom stereocenters. The Hall–Kier alpha value is -1.42. The third-order valence-corrected chi connectivity index (χ3v) is 3.36. The van der Waals surface area contributed by atoms with E-state index in [0.29, 0.717) is 23.1 Å². The minimum absolute atomic E-state index is 0. The highest BCUT2D eigenvalue weighted by atomic mass is 35.5. The molecule has 3 nitrogen and oxygen atoms in total. The molecule has 2 rings (SSSR count). The van der Waals surface area contributed by atoms with Gasteiger partial charge in [0.15, 0.2) is 11.5 Å². The van der Waals surface area contributed by atoms with Gasteiger partial charge >= 0.3 is 0 Å². The van der Waals surface area contributed by atoms with Gasteiger partial charge in [-0.1, -0.05) is 41.9 Å². The molecule has 0 radical (unpaired) electrons. The van der Waals surface area contributed by atoms with Gasteiger partial charge in [-0.25, -0.2) is 0 Å². The van der Waals surface area contributed by atoms with E-state index in [1.807, 2.05) is 37.3 Å². The number of hydrogen-bond donors (Lipinski definition) is 1. The van der Waals surface area contributed by atoms with Crippen LogP contribution in [0.2, 0.25) is 5.02 Å². The van der Waals surface area contributed by atoms with Crippen molar-refractivity contribution in [2.24, 2.45) is 0 Å². The van der Waals surface area contributed by atoms with E-state index in [0.717, 1.165) is 18.7 Å². The van der Waals surface area contributed by atoms with Gasteiger partial charge in [-0.2, -0.15) is 0 Å². The first kappa shape index (κ1) is 18.6. The third-order valence-electron chi connectivity index (χ3n) is 3.07. The maximum atomic E-state index is 6.23. The molecule has 0 heterocycles. The SMILES string of the molecule is CCOc1cc(CNCc2ccccc2)cc(Cl)c1OC.Cl. The van der Waals surface area contributed by atoms with Gasteiger partial charge in [-0.05, 0) is 30.2 Å². The summed E-state index contributed by atoms with van der Waals surface area (Å²) in [5, 5.41) is 3.97. The zero-order chi connectivity index (χ0) is 15.1. The molecule has 0 amide bonds.